The number of rotatable bonds is 4. The van der Waals surface area contributed by atoms with E-state index in [0.29, 0.717) is 10.8 Å². The Bertz CT molecular complexity index is 843. The highest BCUT2D eigenvalue weighted by Crippen LogP contribution is 2.23. The van der Waals surface area contributed by atoms with Crippen LogP contribution in [0.5, 0.6) is 0 Å². The zero-order valence-corrected chi connectivity index (χ0v) is 13.4. The number of oxime groups is 1. The molecule has 0 aliphatic rings. The number of hydrogen-bond donors (Lipinski definition) is 2. The van der Waals surface area contributed by atoms with Crippen molar-refractivity contribution < 1.29 is 21.9 Å². The van der Waals surface area contributed by atoms with Crippen molar-refractivity contribution >= 4 is 33.6 Å². The van der Waals surface area contributed by atoms with Gasteiger partial charge in [-0.25, -0.2) is 0 Å². The maximum Gasteiger partial charge on any atom is 0.325 e. The van der Waals surface area contributed by atoms with Crippen LogP contribution in [0.15, 0.2) is 46.0 Å². The number of nitrogens with one attached hydrogen (secondary N) is 1. The van der Waals surface area contributed by atoms with Crippen LogP contribution in [0.4, 0.5) is 0 Å². The summed E-state index contributed by atoms with van der Waals surface area (Å²) in [5, 5.41) is 5.76. The summed E-state index contributed by atoms with van der Waals surface area (Å²) in [6.45, 7) is 0. The summed E-state index contributed by atoms with van der Waals surface area (Å²) in [4.78, 5) is 11.9. The second-order valence-corrected chi connectivity index (χ2v) is 6.37. The molecule has 0 spiro atoms. The Balaban J connectivity index is 2.08. The van der Waals surface area contributed by atoms with E-state index in [1.807, 2.05) is 0 Å². The summed E-state index contributed by atoms with van der Waals surface area (Å²) < 4.78 is 31.0. The number of benzene rings is 1. The van der Waals surface area contributed by atoms with Crippen molar-refractivity contribution in [3.8, 4) is 11.3 Å². The first-order chi connectivity index (χ1) is 10.7. The smallest absolute Gasteiger partial charge is 0.325 e. The predicted octanol–water partition coefficient (Wildman–Crippen LogP) is 1.54. The topological polar surface area (TPSA) is 124 Å². The molecule has 2 rings (SSSR count). The number of hydrogen-bond acceptors (Lipinski definition) is 6. The zero-order valence-electron chi connectivity index (χ0n) is 11.8. The van der Waals surface area contributed by atoms with Crippen LogP contribution in [0.2, 0.25) is 5.02 Å². The van der Waals surface area contributed by atoms with Crippen LogP contribution >= 0.6 is 11.6 Å². The van der Waals surface area contributed by atoms with Crippen molar-refractivity contribution in [1.29, 1.82) is 0 Å². The van der Waals surface area contributed by atoms with Gasteiger partial charge in [-0.15, -0.1) is 0 Å². The maximum atomic E-state index is 11.9. The number of furan rings is 1. The summed E-state index contributed by atoms with van der Waals surface area (Å²) in [5.41, 5.74) is 6.06. The van der Waals surface area contributed by atoms with Crippen LogP contribution in [0.3, 0.4) is 0 Å². The quantitative estimate of drug-likeness (QED) is 0.486. The second kappa shape index (κ2) is 6.71. The minimum absolute atomic E-state index is 0.0348. The van der Waals surface area contributed by atoms with Crippen LogP contribution in [-0.2, 0) is 14.4 Å². The molecule has 0 fully saturated rings. The first-order valence-corrected chi connectivity index (χ1v) is 8.33. The standard InChI is InChI=1S/C13H12ClN3O5S/c1-23(19,20)22-17-13(15)16-12(18)11-7-6-10(21-11)8-2-4-9(14)5-3-8/h2-7H,1H3,(H3,15,16,17,18). The van der Waals surface area contributed by atoms with E-state index in [2.05, 4.69) is 14.8 Å². The van der Waals surface area contributed by atoms with E-state index >= 15 is 0 Å². The van der Waals surface area contributed by atoms with E-state index in [4.69, 9.17) is 21.8 Å². The molecule has 0 aliphatic heterocycles. The van der Waals surface area contributed by atoms with Crippen molar-refractivity contribution in [2.24, 2.45) is 10.9 Å². The fourth-order valence-corrected chi connectivity index (χ4v) is 1.88. The monoisotopic (exact) mass is 357 g/mol. The molecule has 23 heavy (non-hydrogen) atoms. The summed E-state index contributed by atoms with van der Waals surface area (Å²) >= 11 is 5.80. The minimum atomic E-state index is -3.81. The molecule has 8 nitrogen and oxygen atoms in total. The van der Waals surface area contributed by atoms with Crippen molar-refractivity contribution in [3.63, 3.8) is 0 Å². The Hall–Kier alpha value is -2.52. The Labute approximate surface area is 137 Å². The van der Waals surface area contributed by atoms with Crippen molar-refractivity contribution in [3.05, 3.63) is 47.2 Å². The number of carbonyl (C=O) groups is 1. The molecule has 1 heterocycles. The van der Waals surface area contributed by atoms with Crippen molar-refractivity contribution in [2.45, 2.75) is 0 Å². The van der Waals surface area contributed by atoms with Gasteiger partial charge in [-0.3, -0.25) is 14.4 Å². The molecule has 0 atom stereocenters. The summed E-state index contributed by atoms with van der Waals surface area (Å²) in [6, 6.07) is 9.87. The maximum absolute atomic E-state index is 11.9. The number of nitrogens with two attached hydrogens (primary N) is 1. The first-order valence-electron chi connectivity index (χ1n) is 6.14. The number of guanidine groups is 1. The molecule has 1 aromatic carbocycles. The summed E-state index contributed by atoms with van der Waals surface area (Å²) in [6.07, 6.45) is 0.788. The molecule has 122 valence electrons. The normalized spacial score (nSPS) is 12.0. The lowest BCUT2D eigenvalue weighted by molar-refractivity contribution is 0.0949. The van der Waals surface area contributed by atoms with Gasteiger partial charge >= 0.3 is 10.1 Å². The highest BCUT2D eigenvalue weighted by molar-refractivity contribution is 7.85. The van der Waals surface area contributed by atoms with Crippen LogP contribution in [-0.4, -0.2) is 26.5 Å². The van der Waals surface area contributed by atoms with Crippen molar-refractivity contribution in [1.82, 2.24) is 5.32 Å². The second-order valence-electron chi connectivity index (χ2n) is 4.38. The number of halogens is 1. The average molecular weight is 358 g/mol. The van der Waals surface area contributed by atoms with Gasteiger partial charge in [0.15, 0.2) is 5.76 Å². The van der Waals surface area contributed by atoms with Crippen LogP contribution in [0.1, 0.15) is 10.6 Å². The highest BCUT2D eigenvalue weighted by Gasteiger charge is 2.14. The van der Waals surface area contributed by atoms with E-state index in [1.54, 1.807) is 30.3 Å². The molecule has 0 saturated carbocycles. The van der Waals surface area contributed by atoms with Gasteiger partial charge in [-0.2, -0.15) is 8.42 Å². The zero-order chi connectivity index (χ0) is 17.0. The number of carbonyl (C=O) groups excluding carboxylic acids is 1. The molecule has 2 aromatic rings. The Morgan fingerprint density at radius 3 is 2.52 bits per heavy atom. The van der Waals surface area contributed by atoms with Gasteiger partial charge in [0.2, 0.25) is 5.96 Å². The van der Waals surface area contributed by atoms with Gasteiger partial charge in [-0.1, -0.05) is 11.6 Å². The largest absolute Gasteiger partial charge is 0.451 e. The molecule has 1 amide bonds. The third kappa shape index (κ3) is 5.01. The molecule has 0 unspecified atom stereocenters. The van der Waals surface area contributed by atoms with Gasteiger partial charge in [0.05, 0.1) is 6.26 Å². The molecule has 0 aliphatic carbocycles. The summed E-state index contributed by atoms with van der Waals surface area (Å²) in [5.74, 6) is -0.810. The predicted molar refractivity (Wildman–Crippen MR) is 84.2 cm³/mol. The minimum Gasteiger partial charge on any atom is -0.451 e. The van der Waals surface area contributed by atoms with Crippen LogP contribution in [0, 0.1) is 0 Å². The fraction of sp³-hybridized carbons (Fsp3) is 0.0769. The Kier molecular flexibility index (Phi) is 4.92. The molecule has 10 heteroatoms. The summed E-state index contributed by atoms with van der Waals surface area (Å²) in [7, 11) is -3.81. The van der Waals surface area contributed by atoms with Gasteiger partial charge < -0.3 is 10.2 Å². The van der Waals surface area contributed by atoms with Gasteiger partial charge in [0.25, 0.3) is 5.91 Å². The third-order valence-corrected chi connectivity index (χ3v) is 3.07. The van der Waals surface area contributed by atoms with E-state index < -0.39 is 22.0 Å². The van der Waals surface area contributed by atoms with E-state index in [9.17, 15) is 13.2 Å². The molecule has 0 radical (unpaired) electrons. The number of amides is 1. The van der Waals surface area contributed by atoms with E-state index in [-0.39, 0.29) is 5.76 Å². The van der Waals surface area contributed by atoms with Gasteiger partial charge in [-0.05, 0) is 41.6 Å². The lowest BCUT2D eigenvalue weighted by Gasteiger charge is -2.01. The van der Waals surface area contributed by atoms with E-state index in [1.165, 1.54) is 6.07 Å². The SMILES string of the molecule is CS(=O)(=O)ON=C(N)NC(=O)c1ccc(-c2ccc(Cl)cc2)o1. The molecular formula is C13H12ClN3O5S. The molecule has 1 aromatic heterocycles. The Morgan fingerprint density at radius 1 is 1.26 bits per heavy atom. The molecular weight excluding hydrogens is 346 g/mol. The van der Waals surface area contributed by atoms with Crippen LogP contribution < -0.4 is 11.1 Å². The highest BCUT2D eigenvalue weighted by atomic mass is 35.5. The Morgan fingerprint density at radius 2 is 1.91 bits per heavy atom. The lowest BCUT2D eigenvalue weighted by Crippen LogP contribution is -2.36. The third-order valence-electron chi connectivity index (χ3n) is 2.47. The average Bonchev–Trinajstić information content (AvgIpc) is 2.95. The van der Waals surface area contributed by atoms with E-state index in [0.717, 1.165) is 11.8 Å². The van der Waals surface area contributed by atoms with Crippen LogP contribution in [0.25, 0.3) is 11.3 Å². The fourth-order valence-electron chi connectivity index (χ4n) is 1.54. The first kappa shape index (κ1) is 16.8. The molecule has 3 N–H and O–H groups in total. The molecule has 0 bridgehead atoms. The molecule has 0 saturated heterocycles. The lowest BCUT2D eigenvalue weighted by atomic mass is 10.2. The van der Waals surface area contributed by atoms with Crippen molar-refractivity contribution in [2.75, 3.05) is 6.26 Å². The van der Waals surface area contributed by atoms with Gasteiger partial charge in [0.1, 0.15) is 5.76 Å². The van der Waals surface area contributed by atoms with Gasteiger partial charge in [0, 0.05) is 10.6 Å². The number of nitrogens with zero attached hydrogens (tertiary/aromatic N) is 1.